The van der Waals surface area contributed by atoms with Crippen molar-refractivity contribution in [1.29, 1.82) is 0 Å². The molecule has 0 radical (unpaired) electrons. The van der Waals surface area contributed by atoms with Gasteiger partial charge in [0, 0.05) is 30.7 Å². The number of urea groups is 1. The van der Waals surface area contributed by atoms with Gasteiger partial charge in [0.05, 0.1) is 0 Å². The second kappa shape index (κ2) is 6.67. The lowest BCUT2D eigenvalue weighted by Gasteiger charge is -2.07. The fraction of sp³-hybridized carbons (Fsp3) is 0.154. The molecule has 3 N–H and O–H groups in total. The third kappa shape index (κ3) is 4.36. The number of carbonyl (C=O) groups is 2. The van der Waals surface area contributed by atoms with E-state index in [-0.39, 0.29) is 11.9 Å². The SMILES string of the molecule is CC(=O)Nc1cccc(CNC(=O)Nc2nccs2)c1. The first-order chi connectivity index (χ1) is 9.63. The Morgan fingerprint density at radius 1 is 1.30 bits per heavy atom. The zero-order valence-electron chi connectivity index (χ0n) is 10.8. The van der Waals surface area contributed by atoms with Crippen LogP contribution in [0.15, 0.2) is 35.8 Å². The van der Waals surface area contributed by atoms with Crippen molar-refractivity contribution in [2.24, 2.45) is 0 Å². The summed E-state index contributed by atoms with van der Waals surface area (Å²) >= 11 is 1.35. The molecule has 0 aliphatic rings. The lowest BCUT2D eigenvalue weighted by atomic mass is 10.2. The van der Waals surface area contributed by atoms with E-state index < -0.39 is 0 Å². The summed E-state index contributed by atoms with van der Waals surface area (Å²) in [6.45, 7) is 1.82. The Bertz CT molecular complexity index is 598. The molecule has 0 saturated heterocycles. The number of carbonyl (C=O) groups excluding carboxylic acids is 2. The zero-order valence-corrected chi connectivity index (χ0v) is 11.7. The zero-order chi connectivity index (χ0) is 14.4. The highest BCUT2D eigenvalue weighted by atomic mass is 32.1. The minimum atomic E-state index is -0.315. The standard InChI is InChI=1S/C13H14N4O2S/c1-9(18)16-11-4-2-3-10(7-11)8-15-12(19)17-13-14-5-6-20-13/h2-7H,8H2,1H3,(H,16,18)(H2,14,15,17,19). The van der Waals surface area contributed by atoms with Crippen LogP contribution in [-0.2, 0) is 11.3 Å². The van der Waals surface area contributed by atoms with Crippen LogP contribution in [-0.4, -0.2) is 16.9 Å². The predicted octanol–water partition coefficient (Wildman–Crippen LogP) is 2.42. The van der Waals surface area contributed by atoms with Crippen molar-refractivity contribution in [1.82, 2.24) is 10.3 Å². The molecule has 0 atom stereocenters. The molecule has 0 fully saturated rings. The van der Waals surface area contributed by atoms with Gasteiger partial charge < -0.3 is 10.6 Å². The maximum absolute atomic E-state index is 11.6. The summed E-state index contributed by atoms with van der Waals surface area (Å²) in [5.41, 5.74) is 1.60. The fourth-order valence-electron chi connectivity index (χ4n) is 1.57. The monoisotopic (exact) mass is 290 g/mol. The number of nitrogens with zero attached hydrogens (tertiary/aromatic N) is 1. The van der Waals surface area contributed by atoms with E-state index in [1.807, 2.05) is 18.2 Å². The fourth-order valence-corrected chi connectivity index (χ4v) is 2.10. The van der Waals surface area contributed by atoms with Crippen LogP contribution in [0, 0.1) is 0 Å². The third-order valence-electron chi connectivity index (χ3n) is 2.35. The number of nitrogens with one attached hydrogen (secondary N) is 3. The summed E-state index contributed by atoms with van der Waals surface area (Å²) in [7, 11) is 0. The average Bonchev–Trinajstić information content (AvgIpc) is 2.89. The van der Waals surface area contributed by atoms with Crippen LogP contribution in [0.4, 0.5) is 15.6 Å². The molecule has 104 valence electrons. The topological polar surface area (TPSA) is 83.1 Å². The Balaban J connectivity index is 1.87. The van der Waals surface area contributed by atoms with Crippen LogP contribution in [0.2, 0.25) is 0 Å². The summed E-state index contributed by atoms with van der Waals surface area (Å²) in [5.74, 6) is -0.128. The smallest absolute Gasteiger partial charge is 0.321 e. The number of hydrogen-bond donors (Lipinski definition) is 3. The van der Waals surface area contributed by atoms with E-state index in [9.17, 15) is 9.59 Å². The van der Waals surface area contributed by atoms with Crippen molar-refractivity contribution in [2.45, 2.75) is 13.5 Å². The molecule has 1 aromatic heterocycles. The molecule has 2 rings (SSSR count). The molecule has 0 aliphatic carbocycles. The van der Waals surface area contributed by atoms with Crippen molar-refractivity contribution in [3.8, 4) is 0 Å². The summed E-state index contributed by atoms with van der Waals surface area (Å²) in [5, 5.41) is 10.4. The number of hydrogen-bond acceptors (Lipinski definition) is 4. The van der Waals surface area contributed by atoms with Crippen molar-refractivity contribution in [3.05, 3.63) is 41.4 Å². The molecule has 7 heteroatoms. The van der Waals surface area contributed by atoms with E-state index in [4.69, 9.17) is 0 Å². The third-order valence-corrected chi connectivity index (χ3v) is 3.04. The maximum atomic E-state index is 11.6. The predicted molar refractivity (Wildman–Crippen MR) is 78.7 cm³/mol. The molecule has 1 aromatic carbocycles. The van der Waals surface area contributed by atoms with Crippen molar-refractivity contribution >= 4 is 34.1 Å². The molecule has 0 spiro atoms. The first-order valence-corrected chi connectivity index (χ1v) is 6.82. The van der Waals surface area contributed by atoms with E-state index >= 15 is 0 Å². The molecule has 0 saturated carbocycles. The number of aromatic nitrogens is 1. The van der Waals surface area contributed by atoms with Gasteiger partial charge >= 0.3 is 6.03 Å². The Morgan fingerprint density at radius 3 is 2.85 bits per heavy atom. The van der Waals surface area contributed by atoms with Gasteiger partial charge in [0.25, 0.3) is 0 Å². The van der Waals surface area contributed by atoms with Crippen LogP contribution in [0.3, 0.4) is 0 Å². The second-order valence-electron chi connectivity index (χ2n) is 4.03. The number of amides is 3. The van der Waals surface area contributed by atoms with Crippen LogP contribution >= 0.6 is 11.3 Å². The van der Waals surface area contributed by atoms with E-state index in [1.54, 1.807) is 17.6 Å². The van der Waals surface area contributed by atoms with Crippen LogP contribution in [0.5, 0.6) is 0 Å². The highest BCUT2D eigenvalue weighted by Crippen LogP contribution is 2.11. The van der Waals surface area contributed by atoms with Crippen LogP contribution < -0.4 is 16.0 Å². The summed E-state index contributed by atoms with van der Waals surface area (Å²) in [6, 6.07) is 6.98. The van der Waals surface area contributed by atoms with Gasteiger partial charge in [-0.05, 0) is 17.7 Å². The Kier molecular flexibility index (Phi) is 4.67. The quantitative estimate of drug-likeness (QED) is 0.808. The van der Waals surface area contributed by atoms with Gasteiger partial charge in [-0.3, -0.25) is 10.1 Å². The largest absolute Gasteiger partial charge is 0.334 e. The van der Waals surface area contributed by atoms with E-state index in [1.165, 1.54) is 18.3 Å². The minimum absolute atomic E-state index is 0.128. The normalized spacial score (nSPS) is 9.85. The molecule has 0 bridgehead atoms. The molecule has 2 aromatic rings. The number of thiazole rings is 1. The second-order valence-corrected chi connectivity index (χ2v) is 4.92. The van der Waals surface area contributed by atoms with E-state index in [0.717, 1.165) is 5.56 Å². The lowest BCUT2D eigenvalue weighted by Crippen LogP contribution is -2.28. The average molecular weight is 290 g/mol. The van der Waals surface area contributed by atoms with E-state index in [0.29, 0.717) is 17.4 Å². The van der Waals surface area contributed by atoms with Gasteiger partial charge in [0.1, 0.15) is 0 Å². The highest BCUT2D eigenvalue weighted by molar-refractivity contribution is 7.13. The highest BCUT2D eigenvalue weighted by Gasteiger charge is 2.04. The van der Waals surface area contributed by atoms with Gasteiger partial charge in [0.15, 0.2) is 5.13 Å². The van der Waals surface area contributed by atoms with Gasteiger partial charge in [-0.25, -0.2) is 9.78 Å². The molecule has 0 unspecified atom stereocenters. The van der Waals surface area contributed by atoms with Gasteiger partial charge in [-0.1, -0.05) is 12.1 Å². The first kappa shape index (κ1) is 14.0. The number of anilines is 2. The molecule has 3 amide bonds. The Labute approximate surface area is 120 Å². The van der Waals surface area contributed by atoms with Crippen molar-refractivity contribution in [3.63, 3.8) is 0 Å². The van der Waals surface area contributed by atoms with Gasteiger partial charge in [-0.2, -0.15) is 0 Å². The summed E-state index contributed by atoms with van der Waals surface area (Å²) in [6.07, 6.45) is 1.62. The first-order valence-electron chi connectivity index (χ1n) is 5.94. The number of benzene rings is 1. The van der Waals surface area contributed by atoms with Crippen LogP contribution in [0.1, 0.15) is 12.5 Å². The maximum Gasteiger partial charge on any atom is 0.321 e. The lowest BCUT2D eigenvalue weighted by molar-refractivity contribution is -0.114. The molecule has 1 heterocycles. The summed E-state index contributed by atoms with van der Waals surface area (Å²) < 4.78 is 0. The number of rotatable bonds is 4. The van der Waals surface area contributed by atoms with Crippen molar-refractivity contribution < 1.29 is 9.59 Å². The van der Waals surface area contributed by atoms with Crippen LogP contribution in [0.25, 0.3) is 0 Å². The van der Waals surface area contributed by atoms with E-state index in [2.05, 4.69) is 20.9 Å². The van der Waals surface area contributed by atoms with Gasteiger partial charge in [-0.15, -0.1) is 11.3 Å². The van der Waals surface area contributed by atoms with Gasteiger partial charge in [0.2, 0.25) is 5.91 Å². The molecular weight excluding hydrogens is 276 g/mol. The van der Waals surface area contributed by atoms with Crippen molar-refractivity contribution in [2.75, 3.05) is 10.6 Å². The Hall–Kier alpha value is -2.41. The molecular formula is C13H14N4O2S. The minimum Gasteiger partial charge on any atom is -0.334 e. The molecule has 6 nitrogen and oxygen atoms in total. The summed E-state index contributed by atoms with van der Waals surface area (Å²) in [4.78, 5) is 26.5. The molecule has 0 aliphatic heterocycles. The Morgan fingerprint density at radius 2 is 2.15 bits per heavy atom. The molecule has 20 heavy (non-hydrogen) atoms.